The molecule has 1 saturated heterocycles. The molecule has 8 nitrogen and oxygen atoms in total. The molecule has 1 aliphatic rings. The molecule has 1 N–H and O–H groups in total. The van der Waals surface area contributed by atoms with E-state index in [1.165, 1.54) is 23.0 Å². The second-order valence-corrected chi connectivity index (χ2v) is 6.71. The molecule has 0 aliphatic carbocycles. The number of nitrogens with one attached hydrogen (secondary N) is 1. The number of hydrogen-bond acceptors (Lipinski definition) is 8. The summed E-state index contributed by atoms with van der Waals surface area (Å²) < 4.78 is 17.5. The van der Waals surface area contributed by atoms with Gasteiger partial charge in [-0.2, -0.15) is 4.52 Å². The third-order valence-corrected chi connectivity index (χ3v) is 5.07. The molecule has 9 heteroatoms. The number of anilines is 1. The number of nitrogens with zero attached hydrogens (tertiary/aromatic N) is 3. The molecule has 0 spiro atoms. The van der Waals surface area contributed by atoms with E-state index < -0.39 is 0 Å². The van der Waals surface area contributed by atoms with E-state index >= 15 is 0 Å². The van der Waals surface area contributed by atoms with Gasteiger partial charge in [-0.05, 0) is 18.9 Å². The molecule has 0 unspecified atom stereocenters. The third kappa shape index (κ3) is 2.89. The van der Waals surface area contributed by atoms with Gasteiger partial charge in [0.25, 0.3) is 5.56 Å². The van der Waals surface area contributed by atoms with E-state index in [0.717, 1.165) is 19.4 Å². The Morgan fingerprint density at radius 2 is 2.16 bits per heavy atom. The summed E-state index contributed by atoms with van der Waals surface area (Å²) in [5.74, 6) is 1.02. The third-order valence-electron chi connectivity index (χ3n) is 4.21. The Kier molecular flexibility index (Phi) is 4.18. The zero-order valence-electron chi connectivity index (χ0n) is 13.9. The molecule has 3 aromatic rings. The maximum atomic E-state index is 12.7. The van der Waals surface area contributed by atoms with E-state index in [0.29, 0.717) is 39.0 Å². The predicted molar refractivity (Wildman–Crippen MR) is 95.2 cm³/mol. The minimum absolute atomic E-state index is 0.198. The maximum Gasteiger partial charge on any atom is 0.283 e. The molecule has 0 amide bonds. The molecule has 1 atom stereocenters. The van der Waals surface area contributed by atoms with E-state index in [1.807, 2.05) is 0 Å². The van der Waals surface area contributed by atoms with Crippen molar-refractivity contribution in [2.45, 2.75) is 18.9 Å². The van der Waals surface area contributed by atoms with Crippen LogP contribution in [0, 0.1) is 0 Å². The van der Waals surface area contributed by atoms with Crippen LogP contribution in [0.5, 0.6) is 11.5 Å². The smallest absolute Gasteiger partial charge is 0.283 e. The van der Waals surface area contributed by atoms with E-state index in [4.69, 9.17) is 14.2 Å². The molecule has 2 aromatic heterocycles. The van der Waals surface area contributed by atoms with Crippen LogP contribution in [0.4, 0.5) is 5.13 Å². The maximum absolute atomic E-state index is 12.7. The van der Waals surface area contributed by atoms with E-state index in [1.54, 1.807) is 19.2 Å². The van der Waals surface area contributed by atoms with Gasteiger partial charge in [0.15, 0.2) is 11.5 Å². The Hall–Kier alpha value is -2.39. The van der Waals surface area contributed by atoms with Crippen molar-refractivity contribution in [2.75, 3.05) is 32.7 Å². The molecule has 3 heterocycles. The minimum atomic E-state index is -0.234. The normalized spacial score (nSPS) is 17.3. The van der Waals surface area contributed by atoms with Crippen LogP contribution in [-0.4, -0.2) is 48.1 Å². The number of fused-ring (bicyclic) bond motifs is 2. The van der Waals surface area contributed by atoms with Gasteiger partial charge in [-0.15, -0.1) is 5.10 Å². The van der Waals surface area contributed by atoms with Crippen molar-refractivity contribution in [1.82, 2.24) is 14.6 Å². The van der Waals surface area contributed by atoms with Crippen molar-refractivity contribution in [3.63, 3.8) is 0 Å². The first-order valence-corrected chi connectivity index (χ1v) is 8.82. The van der Waals surface area contributed by atoms with Crippen molar-refractivity contribution >= 4 is 32.3 Å². The second-order valence-electron chi connectivity index (χ2n) is 5.76. The first-order valence-electron chi connectivity index (χ1n) is 8.00. The lowest BCUT2D eigenvalue weighted by Gasteiger charge is -2.08. The Balaban J connectivity index is 1.74. The summed E-state index contributed by atoms with van der Waals surface area (Å²) >= 11 is 1.34. The highest BCUT2D eigenvalue weighted by Crippen LogP contribution is 2.31. The first kappa shape index (κ1) is 16.1. The van der Waals surface area contributed by atoms with Gasteiger partial charge in [0.05, 0.1) is 31.2 Å². The summed E-state index contributed by atoms with van der Waals surface area (Å²) in [4.78, 5) is 17.8. The topological polar surface area (TPSA) is 87.0 Å². The largest absolute Gasteiger partial charge is 0.493 e. The first-order chi connectivity index (χ1) is 12.2. The highest BCUT2D eigenvalue weighted by Gasteiger charge is 2.17. The predicted octanol–water partition coefficient (Wildman–Crippen LogP) is 1.91. The molecule has 4 rings (SSSR count). The fourth-order valence-electron chi connectivity index (χ4n) is 2.91. The summed E-state index contributed by atoms with van der Waals surface area (Å²) in [6.07, 6.45) is 2.33. The Morgan fingerprint density at radius 3 is 2.88 bits per heavy atom. The lowest BCUT2D eigenvalue weighted by molar-refractivity contribution is 0.120. The number of methoxy groups -OCH3 is 2. The summed E-state index contributed by atoms with van der Waals surface area (Å²) in [6.45, 7) is 1.48. The van der Waals surface area contributed by atoms with Crippen molar-refractivity contribution in [1.29, 1.82) is 0 Å². The van der Waals surface area contributed by atoms with Gasteiger partial charge < -0.3 is 19.5 Å². The summed E-state index contributed by atoms with van der Waals surface area (Å²) in [5.41, 5.74) is 0.319. The van der Waals surface area contributed by atoms with Gasteiger partial charge >= 0.3 is 0 Å². The molecule has 0 bridgehead atoms. The summed E-state index contributed by atoms with van der Waals surface area (Å²) in [6, 6.07) is 3.34. The van der Waals surface area contributed by atoms with Crippen LogP contribution in [0.3, 0.4) is 0 Å². The van der Waals surface area contributed by atoms with Gasteiger partial charge in [0.1, 0.15) is 0 Å². The summed E-state index contributed by atoms with van der Waals surface area (Å²) in [7, 11) is 3.08. The zero-order valence-corrected chi connectivity index (χ0v) is 14.8. The average molecular weight is 362 g/mol. The molecule has 1 fully saturated rings. The van der Waals surface area contributed by atoms with Crippen LogP contribution in [0.25, 0.3) is 15.9 Å². The van der Waals surface area contributed by atoms with Gasteiger partial charge in [0.2, 0.25) is 10.1 Å². The van der Waals surface area contributed by atoms with Gasteiger partial charge in [-0.1, -0.05) is 11.3 Å². The van der Waals surface area contributed by atoms with Gasteiger partial charge in [-0.3, -0.25) is 4.79 Å². The van der Waals surface area contributed by atoms with Crippen molar-refractivity contribution in [2.24, 2.45) is 0 Å². The molecule has 1 aromatic carbocycles. The van der Waals surface area contributed by atoms with E-state index in [2.05, 4.69) is 15.4 Å². The minimum Gasteiger partial charge on any atom is -0.493 e. The monoisotopic (exact) mass is 362 g/mol. The lowest BCUT2D eigenvalue weighted by atomic mass is 10.2. The lowest BCUT2D eigenvalue weighted by Crippen LogP contribution is -2.19. The Labute approximate surface area is 147 Å². The Bertz CT molecular complexity index is 978. The molecule has 1 aliphatic heterocycles. The van der Waals surface area contributed by atoms with Crippen LogP contribution in [0.2, 0.25) is 0 Å². The molecule has 0 saturated carbocycles. The van der Waals surface area contributed by atoms with E-state index in [-0.39, 0.29) is 11.7 Å². The van der Waals surface area contributed by atoms with Crippen molar-refractivity contribution < 1.29 is 14.2 Å². The zero-order chi connectivity index (χ0) is 17.4. The standard InChI is InChI=1S/C16H18N4O4S/c1-22-12-6-10-11(7-13(12)23-2)18-16-20(14(10)21)19-15(25-16)17-8-9-4-3-5-24-9/h6-7,9H,3-5,8H2,1-2H3,(H,17,19)/t9-/m0/s1. The molecule has 25 heavy (non-hydrogen) atoms. The van der Waals surface area contributed by atoms with Crippen molar-refractivity contribution in [3.8, 4) is 11.5 Å². The van der Waals surface area contributed by atoms with Crippen LogP contribution in [0.1, 0.15) is 12.8 Å². The molecular weight excluding hydrogens is 344 g/mol. The average Bonchev–Trinajstić information content (AvgIpc) is 3.28. The van der Waals surface area contributed by atoms with Crippen LogP contribution in [0.15, 0.2) is 16.9 Å². The van der Waals surface area contributed by atoms with Crippen LogP contribution in [-0.2, 0) is 4.74 Å². The highest BCUT2D eigenvalue weighted by atomic mass is 32.1. The number of hydrogen-bond donors (Lipinski definition) is 1. The second kappa shape index (κ2) is 6.49. The quantitative estimate of drug-likeness (QED) is 0.742. The van der Waals surface area contributed by atoms with Crippen molar-refractivity contribution in [3.05, 3.63) is 22.5 Å². The van der Waals surface area contributed by atoms with E-state index in [9.17, 15) is 4.79 Å². The Morgan fingerprint density at radius 1 is 1.36 bits per heavy atom. The molecule has 132 valence electrons. The van der Waals surface area contributed by atoms with Crippen LogP contribution >= 0.6 is 11.3 Å². The molecular formula is C16H18N4O4S. The van der Waals surface area contributed by atoms with Gasteiger partial charge in [0, 0.05) is 19.2 Å². The fourth-order valence-corrected chi connectivity index (χ4v) is 3.72. The SMILES string of the molecule is COc1cc2nc3sc(NC[C@@H]4CCCO4)nn3c(=O)c2cc1OC. The highest BCUT2D eigenvalue weighted by molar-refractivity contribution is 7.20. The summed E-state index contributed by atoms with van der Waals surface area (Å²) in [5, 5.41) is 8.66. The number of ether oxygens (including phenoxy) is 3. The molecule has 0 radical (unpaired) electrons. The number of aromatic nitrogens is 3. The number of benzene rings is 1. The fraction of sp³-hybridized carbons (Fsp3) is 0.438. The number of rotatable bonds is 5. The van der Waals surface area contributed by atoms with Crippen LogP contribution < -0.4 is 20.3 Å². The van der Waals surface area contributed by atoms with Gasteiger partial charge in [-0.25, -0.2) is 4.98 Å².